The van der Waals surface area contributed by atoms with Crippen LogP contribution in [0.15, 0.2) is 34.9 Å². The van der Waals surface area contributed by atoms with Gasteiger partial charge in [0, 0.05) is 18.7 Å². The molecule has 33 heavy (non-hydrogen) atoms. The number of carbonyl (C=O) groups is 2. The molecule has 2 aliphatic heterocycles. The third-order valence-corrected chi connectivity index (χ3v) is 6.02. The highest BCUT2D eigenvalue weighted by Gasteiger charge is 2.37. The molecule has 5 rings (SSSR count). The first-order chi connectivity index (χ1) is 15.7. The summed E-state index contributed by atoms with van der Waals surface area (Å²) in [5.41, 5.74) is 0.333. The summed E-state index contributed by atoms with van der Waals surface area (Å²) in [4.78, 5) is 32.9. The fourth-order valence-corrected chi connectivity index (χ4v) is 4.35. The highest BCUT2D eigenvalue weighted by Crippen LogP contribution is 2.34. The first-order valence-electron chi connectivity index (χ1n) is 10.4. The quantitative estimate of drug-likeness (QED) is 0.590. The monoisotopic (exact) mass is 460 g/mol. The highest BCUT2D eigenvalue weighted by molar-refractivity contribution is 6.07. The summed E-state index contributed by atoms with van der Waals surface area (Å²) < 4.78 is 49.8. The molecule has 0 bridgehead atoms. The summed E-state index contributed by atoms with van der Waals surface area (Å²) >= 11 is 0. The molecule has 1 unspecified atom stereocenters. The van der Waals surface area contributed by atoms with E-state index >= 15 is 0 Å². The molecule has 2 aliphatic rings. The maximum atomic E-state index is 13.5. The molecule has 0 aliphatic carbocycles. The van der Waals surface area contributed by atoms with Gasteiger partial charge in [0.1, 0.15) is 6.61 Å². The van der Waals surface area contributed by atoms with E-state index in [0.717, 1.165) is 12.1 Å². The third-order valence-electron chi connectivity index (χ3n) is 6.02. The van der Waals surface area contributed by atoms with Crippen molar-refractivity contribution in [2.24, 2.45) is 0 Å². The topological polar surface area (TPSA) is 88.8 Å². The van der Waals surface area contributed by atoms with E-state index in [9.17, 15) is 22.8 Å². The summed E-state index contributed by atoms with van der Waals surface area (Å²) in [7, 11) is 0. The second-order valence-electron chi connectivity index (χ2n) is 8.08. The number of aryl methyl sites for hydroxylation is 1. The van der Waals surface area contributed by atoms with Crippen molar-refractivity contribution in [1.29, 1.82) is 0 Å². The second kappa shape index (κ2) is 7.75. The van der Waals surface area contributed by atoms with Crippen molar-refractivity contribution < 1.29 is 32.0 Å². The van der Waals surface area contributed by atoms with Crippen molar-refractivity contribution in [1.82, 2.24) is 19.9 Å². The maximum absolute atomic E-state index is 13.5. The van der Waals surface area contributed by atoms with E-state index in [-0.39, 0.29) is 40.6 Å². The number of hydrogen-bond donors (Lipinski definition) is 0. The lowest BCUT2D eigenvalue weighted by Gasteiger charge is -2.22. The van der Waals surface area contributed by atoms with Crippen LogP contribution in [0.25, 0.3) is 22.4 Å². The molecule has 2 fully saturated rings. The Kier molecular flexibility index (Phi) is 4.98. The Morgan fingerprint density at radius 1 is 1.21 bits per heavy atom. The minimum Gasteiger partial charge on any atom is -0.448 e. The predicted octanol–water partition coefficient (Wildman–Crippen LogP) is 3.88. The zero-order valence-electron chi connectivity index (χ0n) is 17.6. The first-order valence-corrected chi connectivity index (χ1v) is 10.4. The number of halogens is 3. The molecule has 0 spiro atoms. The van der Waals surface area contributed by atoms with E-state index in [2.05, 4.69) is 10.1 Å². The van der Waals surface area contributed by atoms with Crippen molar-refractivity contribution in [3.05, 3.63) is 47.2 Å². The number of fused-ring (bicyclic) bond motifs is 1. The van der Waals surface area contributed by atoms with Crippen LogP contribution in [0.4, 0.5) is 18.0 Å². The van der Waals surface area contributed by atoms with Gasteiger partial charge < -0.3 is 14.2 Å². The van der Waals surface area contributed by atoms with E-state index in [1.54, 1.807) is 16.7 Å². The molecule has 0 saturated carbocycles. The van der Waals surface area contributed by atoms with E-state index < -0.39 is 11.7 Å². The number of carbonyl (C=O) groups excluding carboxylic acids is 2. The Morgan fingerprint density at radius 2 is 2.03 bits per heavy atom. The largest absolute Gasteiger partial charge is 0.448 e. The SMILES string of the molecule is Cc1noc2nc(-c3cccc(C(F)(F)F)c3)cc(C(=O)N3CCC(N4CCOC4=O)C3)c12. The van der Waals surface area contributed by atoms with Crippen LogP contribution in [-0.2, 0) is 10.9 Å². The van der Waals surface area contributed by atoms with E-state index in [1.165, 1.54) is 18.2 Å². The number of pyridine rings is 1. The number of rotatable bonds is 3. The summed E-state index contributed by atoms with van der Waals surface area (Å²) in [5, 5.41) is 4.30. The molecule has 1 atom stereocenters. The third kappa shape index (κ3) is 3.77. The lowest BCUT2D eigenvalue weighted by atomic mass is 10.0. The number of aromatic nitrogens is 2. The summed E-state index contributed by atoms with van der Waals surface area (Å²) in [6.07, 6.45) is -4.29. The average molecular weight is 460 g/mol. The van der Waals surface area contributed by atoms with Crippen molar-refractivity contribution in [2.75, 3.05) is 26.2 Å². The van der Waals surface area contributed by atoms with Gasteiger partial charge in [0.15, 0.2) is 0 Å². The Hall–Kier alpha value is -3.63. The van der Waals surface area contributed by atoms with Gasteiger partial charge in [-0.2, -0.15) is 13.2 Å². The van der Waals surface area contributed by atoms with Crippen LogP contribution in [0.3, 0.4) is 0 Å². The number of ether oxygens (including phenoxy) is 1. The van der Waals surface area contributed by atoms with Gasteiger partial charge in [-0.25, -0.2) is 9.78 Å². The van der Waals surface area contributed by atoms with Crippen molar-refractivity contribution in [3.8, 4) is 11.3 Å². The molecule has 2 amide bonds. The van der Waals surface area contributed by atoms with Crippen molar-refractivity contribution in [3.63, 3.8) is 0 Å². The standard InChI is InChI=1S/C22H19F3N4O4/c1-12-18-16(20(30)28-6-5-15(11-28)29-7-8-32-21(29)31)10-17(26-19(18)33-27-12)13-3-2-4-14(9-13)22(23,24)25/h2-4,9-10,15H,5-8,11H2,1H3. The minimum absolute atomic E-state index is 0.0737. The lowest BCUT2D eigenvalue weighted by molar-refractivity contribution is -0.137. The number of hydrogen-bond acceptors (Lipinski definition) is 6. The van der Waals surface area contributed by atoms with Gasteiger partial charge in [-0.1, -0.05) is 17.3 Å². The fourth-order valence-electron chi connectivity index (χ4n) is 4.35. The molecule has 4 heterocycles. The highest BCUT2D eigenvalue weighted by atomic mass is 19.4. The van der Waals surface area contributed by atoms with Gasteiger partial charge in [-0.05, 0) is 31.5 Å². The maximum Gasteiger partial charge on any atom is 0.416 e. The van der Waals surface area contributed by atoms with Crippen LogP contribution >= 0.6 is 0 Å². The molecule has 2 aromatic heterocycles. The van der Waals surface area contributed by atoms with Crippen LogP contribution in [0, 0.1) is 6.92 Å². The molecule has 3 aromatic rings. The van der Waals surface area contributed by atoms with Crippen LogP contribution < -0.4 is 0 Å². The van der Waals surface area contributed by atoms with Crippen molar-refractivity contribution in [2.45, 2.75) is 25.6 Å². The Morgan fingerprint density at radius 3 is 2.76 bits per heavy atom. The Bertz CT molecular complexity index is 1260. The van der Waals surface area contributed by atoms with Crippen LogP contribution in [-0.4, -0.2) is 64.2 Å². The predicted molar refractivity (Wildman–Crippen MR) is 109 cm³/mol. The summed E-state index contributed by atoms with van der Waals surface area (Å²) in [6, 6.07) is 6.06. The number of nitrogens with zero attached hydrogens (tertiary/aromatic N) is 4. The molecule has 11 heteroatoms. The number of likely N-dealkylation sites (tertiary alicyclic amines) is 1. The number of alkyl halides is 3. The minimum atomic E-state index is -4.51. The van der Waals surface area contributed by atoms with Gasteiger partial charge in [0.25, 0.3) is 11.6 Å². The van der Waals surface area contributed by atoms with Crippen molar-refractivity contribution >= 4 is 23.1 Å². The number of amides is 2. The van der Waals surface area contributed by atoms with Gasteiger partial charge in [0.05, 0.1) is 40.5 Å². The van der Waals surface area contributed by atoms with Gasteiger partial charge in [-0.15, -0.1) is 0 Å². The first kappa shape index (κ1) is 21.2. The van der Waals surface area contributed by atoms with Gasteiger partial charge in [-0.3, -0.25) is 9.69 Å². The molecule has 8 nitrogen and oxygen atoms in total. The Balaban J connectivity index is 1.51. The van der Waals surface area contributed by atoms with Crippen LogP contribution in [0.1, 0.15) is 28.0 Å². The van der Waals surface area contributed by atoms with E-state index in [4.69, 9.17) is 9.26 Å². The van der Waals surface area contributed by atoms with Gasteiger partial charge >= 0.3 is 12.3 Å². The molecular weight excluding hydrogens is 441 g/mol. The lowest BCUT2D eigenvalue weighted by Crippen LogP contribution is -2.39. The molecule has 1 aromatic carbocycles. The summed E-state index contributed by atoms with van der Waals surface area (Å²) in [5.74, 6) is -0.322. The number of benzene rings is 1. The fraction of sp³-hybridized carbons (Fsp3) is 0.364. The van der Waals surface area contributed by atoms with Crippen LogP contribution in [0.5, 0.6) is 0 Å². The molecule has 0 N–H and O–H groups in total. The molecular formula is C22H19F3N4O4. The molecule has 0 radical (unpaired) electrons. The van der Waals surface area contributed by atoms with Gasteiger partial charge in [0.2, 0.25) is 0 Å². The summed E-state index contributed by atoms with van der Waals surface area (Å²) in [6.45, 7) is 3.24. The van der Waals surface area contributed by atoms with Crippen LogP contribution in [0.2, 0.25) is 0 Å². The zero-order valence-corrected chi connectivity index (χ0v) is 17.6. The normalized spacial score (nSPS) is 18.9. The second-order valence-corrected chi connectivity index (χ2v) is 8.08. The molecule has 2 saturated heterocycles. The Labute approximate surface area is 185 Å². The smallest absolute Gasteiger partial charge is 0.416 e. The van der Waals surface area contributed by atoms with E-state index in [0.29, 0.717) is 43.7 Å². The molecule has 172 valence electrons. The average Bonchev–Trinajstić information content (AvgIpc) is 3.52. The zero-order chi connectivity index (χ0) is 23.3. The number of cyclic esters (lactones) is 1. The van der Waals surface area contributed by atoms with E-state index in [1.807, 2.05) is 0 Å².